The summed E-state index contributed by atoms with van der Waals surface area (Å²) in [5, 5.41) is 2.53. The zero-order valence-corrected chi connectivity index (χ0v) is 20.9. The van der Waals surface area contributed by atoms with E-state index in [4.69, 9.17) is 0 Å². The number of amides is 2. The van der Waals surface area contributed by atoms with Gasteiger partial charge < -0.3 is 10.2 Å². The number of hydrogen-bond acceptors (Lipinski definition) is 3. The van der Waals surface area contributed by atoms with Crippen LogP contribution in [0.3, 0.4) is 0 Å². The lowest BCUT2D eigenvalue weighted by Gasteiger charge is -2.46. The van der Waals surface area contributed by atoms with Crippen LogP contribution in [-0.2, 0) is 11.0 Å². The predicted molar refractivity (Wildman–Crippen MR) is 135 cm³/mol. The number of fused-ring (bicyclic) bond motifs is 1. The van der Waals surface area contributed by atoms with E-state index in [1.54, 1.807) is 0 Å². The van der Waals surface area contributed by atoms with Gasteiger partial charge in [0, 0.05) is 30.2 Å². The topological polar surface area (TPSA) is 52.7 Å². The molecule has 2 amide bonds. The summed E-state index contributed by atoms with van der Waals surface area (Å²) in [6.07, 6.45) is 3.11. The molecule has 3 aliphatic rings. The molecule has 198 valence electrons. The molecule has 2 unspecified atom stereocenters. The normalized spacial score (nSPS) is 26.5. The number of hydrogen-bond donors (Lipinski definition) is 1. The van der Waals surface area contributed by atoms with Crippen LogP contribution < -0.4 is 5.32 Å². The molecular weight excluding hydrogens is 479 g/mol. The van der Waals surface area contributed by atoms with Gasteiger partial charge in [-0.25, -0.2) is 0 Å². The fourth-order valence-electron chi connectivity index (χ4n) is 6.65. The Morgan fingerprint density at radius 2 is 1.62 bits per heavy atom. The first-order valence-electron chi connectivity index (χ1n) is 13.4. The van der Waals surface area contributed by atoms with Crippen molar-refractivity contribution in [3.63, 3.8) is 0 Å². The van der Waals surface area contributed by atoms with Crippen LogP contribution in [0.25, 0.3) is 0 Å². The molecule has 0 radical (unpaired) electrons. The summed E-state index contributed by atoms with van der Waals surface area (Å²) in [6, 6.07) is 16.0. The maximum atomic E-state index is 13.1. The summed E-state index contributed by atoms with van der Waals surface area (Å²) in [5.41, 5.74) is 0.452. The van der Waals surface area contributed by atoms with Crippen LogP contribution in [0.2, 0.25) is 0 Å². The van der Waals surface area contributed by atoms with Crippen molar-refractivity contribution in [1.82, 2.24) is 15.1 Å². The van der Waals surface area contributed by atoms with Gasteiger partial charge in [0.1, 0.15) is 0 Å². The highest BCUT2D eigenvalue weighted by Crippen LogP contribution is 2.39. The summed E-state index contributed by atoms with van der Waals surface area (Å²) in [6.45, 7) is 1.51. The Labute approximate surface area is 216 Å². The lowest BCUT2D eigenvalue weighted by Crippen LogP contribution is -2.55. The van der Waals surface area contributed by atoms with Gasteiger partial charge in [-0.2, -0.15) is 13.2 Å². The molecular formula is C29H34F3N3O2. The number of nitrogens with zero attached hydrogens (tertiary/aromatic N) is 2. The van der Waals surface area contributed by atoms with Crippen molar-refractivity contribution in [2.24, 2.45) is 0 Å². The molecule has 37 heavy (non-hydrogen) atoms. The summed E-state index contributed by atoms with van der Waals surface area (Å²) < 4.78 is 38.9. The van der Waals surface area contributed by atoms with Crippen molar-refractivity contribution in [1.29, 1.82) is 0 Å². The Morgan fingerprint density at radius 3 is 2.35 bits per heavy atom. The van der Waals surface area contributed by atoms with E-state index >= 15 is 0 Å². The van der Waals surface area contributed by atoms with E-state index < -0.39 is 17.6 Å². The van der Waals surface area contributed by atoms with Crippen LogP contribution in [0.1, 0.15) is 72.3 Å². The van der Waals surface area contributed by atoms with Gasteiger partial charge in [0.05, 0.1) is 12.1 Å². The van der Waals surface area contributed by atoms with E-state index in [1.807, 2.05) is 4.90 Å². The zero-order valence-electron chi connectivity index (χ0n) is 20.9. The highest BCUT2D eigenvalue weighted by Gasteiger charge is 2.44. The number of halogens is 3. The second kappa shape index (κ2) is 10.9. The van der Waals surface area contributed by atoms with Crippen molar-refractivity contribution >= 4 is 11.8 Å². The van der Waals surface area contributed by atoms with Gasteiger partial charge in [-0.1, -0.05) is 36.4 Å². The monoisotopic (exact) mass is 513 g/mol. The van der Waals surface area contributed by atoms with Gasteiger partial charge in [-0.05, 0) is 81.2 Å². The number of carbonyl (C=O) groups is 2. The Balaban J connectivity index is 1.15. The van der Waals surface area contributed by atoms with E-state index in [0.717, 1.165) is 37.9 Å². The van der Waals surface area contributed by atoms with Gasteiger partial charge >= 0.3 is 6.18 Å². The van der Waals surface area contributed by atoms with Crippen molar-refractivity contribution in [2.75, 3.05) is 19.6 Å². The highest BCUT2D eigenvalue weighted by molar-refractivity contribution is 5.96. The van der Waals surface area contributed by atoms with Crippen molar-refractivity contribution in [3.05, 3.63) is 71.3 Å². The number of rotatable bonds is 5. The quantitative estimate of drug-likeness (QED) is 0.596. The minimum atomic E-state index is -4.52. The predicted octanol–water partition coefficient (Wildman–Crippen LogP) is 5.23. The van der Waals surface area contributed by atoms with Gasteiger partial charge in [0.2, 0.25) is 5.91 Å². The molecule has 1 aliphatic carbocycles. The van der Waals surface area contributed by atoms with Crippen LogP contribution in [-0.4, -0.2) is 59.4 Å². The standard InChI is InChI=1S/C29H34F3N3O2/c30-29(31,32)23-9-4-8-22(18-23)28(37)33-19-27(36)35-17-15-26-25(35)10-5-16-34(26)24-13-11-21(12-14-24)20-6-2-1-3-7-20/h1-4,6-9,18,21,24-26H,5,10-17,19H2,(H,33,37). The third kappa shape index (κ3) is 5.69. The number of piperidine rings is 1. The molecule has 5 rings (SSSR count). The van der Waals surface area contributed by atoms with Crippen LogP contribution in [0.15, 0.2) is 54.6 Å². The SMILES string of the molecule is O=C(NCC(=O)N1CCC2C1CCCN2C1CCC(c2ccccc2)CC1)c1cccc(C(F)(F)F)c1. The van der Waals surface area contributed by atoms with E-state index in [9.17, 15) is 22.8 Å². The molecule has 1 saturated carbocycles. The molecule has 2 aromatic carbocycles. The molecule has 1 N–H and O–H groups in total. The molecule has 0 spiro atoms. The zero-order chi connectivity index (χ0) is 26.0. The Morgan fingerprint density at radius 1 is 0.865 bits per heavy atom. The minimum Gasteiger partial charge on any atom is -0.343 e. The minimum absolute atomic E-state index is 0.100. The fraction of sp³-hybridized carbons (Fsp3) is 0.517. The number of benzene rings is 2. The molecule has 2 aliphatic heterocycles. The Kier molecular flexibility index (Phi) is 7.56. The Hall–Kier alpha value is -2.87. The summed E-state index contributed by atoms with van der Waals surface area (Å²) in [7, 11) is 0. The molecule has 3 fully saturated rings. The van der Waals surface area contributed by atoms with Crippen LogP contribution >= 0.6 is 0 Å². The van der Waals surface area contributed by atoms with Gasteiger partial charge in [0.15, 0.2) is 0 Å². The van der Waals surface area contributed by atoms with Crippen LogP contribution in [0, 0.1) is 0 Å². The molecule has 5 nitrogen and oxygen atoms in total. The second-order valence-electron chi connectivity index (χ2n) is 10.6. The summed E-state index contributed by atoms with van der Waals surface area (Å²) >= 11 is 0. The second-order valence-corrected chi connectivity index (χ2v) is 10.6. The van der Waals surface area contributed by atoms with Gasteiger partial charge in [0.25, 0.3) is 5.91 Å². The highest BCUT2D eigenvalue weighted by atomic mass is 19.4. The third-order valence-corrected chi connectivity index (χ3v) is 8.46. The molecule has 2 aromatic rings. The fourth-order valence-corrected chi connectivity index (χ4v) is 6.65. The van der Waals surface area contributed by atoms with Gasteiger partial charge in [-0.15, -0.1) is 0 Å². The number of nitrogens with one attached hydrogen (secondary N) is 1. The first-order valence-corrected chi connectivity index (χ1v) is 13.4. The first-order chi connectivity index (χ1) is 17.8. The molecule has 2 saturated heterocycles. The smallest absolute Gasteiger partial charge is 0.343 e. The van der Waals surface area contributed by atoms with Crippen molar-refractivity contribution in [2.45, 2.75) is 75.2 Å². The first kappa shape index (κ1) is 25.8. The summed E-state index contributed by atoms with van der Waals surface area (Å²) in [4.78, 5) is 30.0. The summed E-state index contributed by atoms with van der Waals surface area (Å²) in [5.74, 6) is -0.210. The molecule has 0 bridgehead atoms. The maximum Gasteiger partial charge on any atom is 0.416 e. The molecule has 2 heterocycles. The lowest BCUT2D eigenvalue weighted by molar-refractivity contribution is -0.137. The van der Waals surface area contributed by atoms with E-state index in [-0.39, 0.29) is 24.1 Å². The average molecular weight is 514 g/mol. The van der Waals surface area contributed by atoms with Crippen LogP contribution in [0.4, 0.5) is 13.2 Å². The van der Waals surface area contributed by atoms with Gasteiger partial charge in [-0.3, -0.25) is 14.5 Å². The van der Waals surface area contributed by atoms with E-state index in [0.29, 0.717) is 24.5 Å². The van der Waals surface area contributed by atoms with Crippen molar-refractivity contribution < 1.29 is 22.8 Å². The molecule has 0 aromatic heterocycles. The number of alkyl halides is 3. The van der Waals surface area contributed by atoms with E-state index in [1.165, 1.54) is 43.4 Å². The largest absolute Gasteiger partial charge is 0.416 e. The maximum absolute atomic E-state index is 13.1. The average Bonchev–Trinajstić information content (AvgIpc) is 3.36. The molecule has 8 heteroatoms. The third-order valence-electron chi connectivity index (χ3n) is 8.46. The number of likely N-dealkylation sites (tertiary alicyclic amines) is 2. The molecule has 2 atom stereocenters. The van der Waals surface area contributed by atoms with Crippen molar-refractivity contribution in [3.8, 4) is 0 Å². The Bertz CT molecular complexity index is 1100. The lowest BCUT2D eigenvalue weighted by atomic mass is 9.80. The van der Waals surface area contributed by atoms with Crippen LogP contribution in [0.5, 0.6) is 0 Å². The number of carbonyl (C=O) groups excluding carboxylic acids is 2. The van der Waals surface area contributed by atoms with E-state index in [2.05, 4.69) is 40.5 Å².